The van der Waals surface area contributed by atoms with E-state index in [1.165, 1.54) is 11.0 Å². The summed E-state index contributed by atoms with van der Waals surface area (Å²) >= 11 is 5.26. The summed E-state index contributed by atoms with van der Waals surface area (Å²) < 4.78 is 26.8. The number of esters is 1. The Balaban J connectivity index is 2.42. The van der Waals surface area contributed by atoms with Crippen LogP contribution in [0, 0.1) is 0 Å². The molecule has 0 aromatic heterocycles. The number of halogens is 1. The van der Waals surface area contributed by atoms with Gasteiger partial charge in [0.05, 0.1) is 0 Å². The topological polar surface area (TPSA) is 84.0 Å². The average Bonchev–Trinajstić information content (AvgIpc) is 2.82. The molecule has 2 aliphatic rings. The molecule has 0 bridgehead atoms. The van der Waals surface area contributed by atoms with E-state index in [-0.39, 0.29) is 30.5 Å². The van der Waals surface area contributed by atoms with Crippen molar-refractivity contribution in [2.45, 2.75) is 0 Å². The third-order valence-corrected chi connectivity index (χ3v) is 3.30. The number of hydrogen-bond acceptors (Lipinski definition) is 5. The molecule has 0 radical (unpaired) electrons. The van der Waals surface area contributed by atoms with Gasteiger partial charge in [0.15, 0.2) is 0 Å². The molecule has 0 saturated carbocycles. The summed E-state index contributed by atoms with van der Waals surface area (Å²) in [7, 11) is -2.67. The smallest absolute Gasteiger partial charge is 0.355 e. The normalized spacial score (nSPS) is 19.5. The lowest BCUT2D eigenvalue weighted by Gasteiger charge is -2.17. The van der Waals surface area contributed by atoms with Crippen LogP contribution in [0.2, 0.25) is 0 Å². The van der Waals surface area contributed by atoms with Crippen LogP contribution in [0.1, 0.15) is 0 Å². The number of cyclic esters (lactones) is 1. The molecule has 7 nitrogen and oxygen atoms in total. The fourth-order valence-electron chi connectivity index (χ4n) is 1.68. The van der Waals surface area contributed by atoms with Gasteiger partial charge in [-0.2, -0.15) is 8.42 Å². The van der Waals surface area contributed by atoms with Crippen LogP contribution >= 0.6 is 11.6 Å². The van der Waals surface area contributed by atoms with Crippen LogP contribution in [0.4, 0.5) is 4.79 Å². The van der Waals surface area contributed by atoms with E-state index in [0.717, 1.165) is 4.90 Å². The average molecular weight is 279 g/mol. The Kier molecular flexibility index (Phi) is 3.07. The van der Waals surface area contributed by atoms with Crippen LogP contribution in [-0.2, 0) is 19.8 Å². The van der Waals surface area contributed by atoms with Crippen LogP contribution in [-0.4, -0.2) is 54.4 Å². The molecule has 0 unspecified atom stereocenters. The molecule has 1 amide bonds. The summed E-state index contributed by atoms with van der Waals surface area (Å²) in [6, 6.07) is 0. The first kappa shape index (κ1) is 11.9. The molecule has 0 aromatic carbocycles. The summed E-state index contributed by atoms with van der Waals surface area (Å²) in [6.07, 6.45) is 1.46. The van der Waals surface area contributed by atoms with E-state index in [1.807, 2.05) is 0 Å². The number of ether oxygens (including phenoxy) is 1. The first-order valence-electron chi connectivity index (χ1n) is 4.60. The molecule has 0 N–H and O–H groups in total. The number of carbonyl (C=O) groups excluding carboxylic acids is 2. The van der Waals surface area contributed by atoms with Crippen molar-refractivity contribution in [3.05, 3.63) is 11.8 Å². The van der Waals surface area contributed by atoms with Gasteiger partial charge in [-0.25, -0.2) is 4.79 Å². The number of nitrogens with zero attached hydrogens (tertiary/aromatic N) is 2. The lowest BCUT2D eigenvalue weighted by Crippen LogP contribution is -2.36. The Morgan fingerprint density at radius 2 is 2.12 bits per heavy atom. The molecule has 0 aromatic rings. The van der Waals surface area contributed by atoms with E-state index in [1.54, 1.807) is 0 Å². The van der Waals surface area contributed by atoms with Crippen molar-refractivity contribution in [1.29, 1.82) is 0 Å². The molecule has 2 aliphatic heterocycles. The molecule has 2 heterocycles. The zero-order valence-electron chi connectivity index (χ0n) is 8.42. The van der Waals surface area contributed by atoms with Crippen LogP contribution in [0.15, 0.2) is 11.8 Å². The van der Waals surface area contributed by atoms with Gasteiger partial charge >= 0.3 is 11.3 Å². The first-order chi connectivity index (χ1) is 8.02. The SMILES string of the molecule is O=C1OCC=C1N1CCN(C(=O)Cl)C1=S(=O)=O. The molecule has 1 saturated heterocycles. The van der Waals surface area contributed by atoms with E-state index in [2.05, 4.69) is 4.74 Å². The second-order valence-electron chi connectivity index (χ2n) is 3.26. The highest BCUT2D eigenvalue weighted by molar-refractivity contribution is 7.72. The maximum absolute atomic E-state index is 11.3. The van der Waals surface area contributed by atoms with Gasteiger partial charge in [-0.1, -0.05) is 0 Å². The Labute approximate surface area is 103 Å². The molecule has 0 atom stereocenters. The molecule has 0 aliphatic carbocycles. The molecule has 92 valence electrons. The van der Waals surface area contributed by atoms with Gasteiger partial charge in [0.1, 0.15) is 12.3 Å². The Morgan fingerprint density at radius 3 is 2.59 bits per heavy atom. The van der Waals surface area contributed by atoms with E-state index in [4.69, 9.17) is 11.6 Å². The van der Waals surface area contributed by atoms with Crippen LogP contribution in [0.25, 0.3) is 0 Å². The minimum Gasteiger partial charge on any atom is -0.457 e. The van der Waals surface area contributed by atoms with E-state index >= 15 is 0 Å². The summed E-state index contributed by atoms with van der Waals surface area (Å²) in [6.45, 7) is 0.386. The minimum absolute atomic E-state index is 0.0955. The second kappa shape index (κ2) is 4.38. The minimum atomic E-state index is -2.67. The predicted octanol–water partition coefficient (Wildman–Crippen LogP) is -0.630. The zero-order chi connectivity index (χ0) is 12.6. The molecular weight excluding hydrogens is 272 g/mol. The molecule has 0 spiro atoms. The monoisotopic (exact) mass is 278 g/mol. The van der Waals surface area contributed by atoms with Crippen molar-refractivity contribution in [3.63, 3.8) is 0 Å². The zero-order valence-corrected chi connectivity index (χ0v) is 9.99. The van der Waals surface area contributed by atoms with Crippen LogP contribution < -0.4 is 0 Å². The Bertz CT molecular complexity index is 544. The van der Waals surface area contributed by atoms with Gasteiger partial charge in [0.25, 0.3) is 10.3 Å². The molecule has 17 heavy (non-hydrogen) atoms. The summed E-state index contributed by atoms with van der Waals surface area (Å²) in [4.78, 5) is 24.5. The van der Waals surface area contributed by atoms with Gasteiger partial charge in [-0.15, -0.1) is 0 Å². The van der Waals surface area contributed by atoms with Gasteiger partial charge in [0, 0.05) is 13.1 Å². The Hall–Kier alpha value is -1.54. The summed E-state index contributed by atoms with van der Waals surface area (Å²) in [5.74, 6) is -0.614. The third kappa shape index (κ3) is 2.01. The van der Waals surface area contributed by atoms with Crippen molar-refractivity contribution in [2.75, 3.05) is 19.7 Å². The lowest BCUT2D eigenvalue weighted by molar-refractivity contribution is -0.136. The van der Waals surface area contributed by atoms with Gasteiger partial charge in [-0.3, -0.25) is 9.69 Å². The standard InChI is InChI=1S/C8H7ClN2O5S/c9-7(13)11-3-2-10(8(11)17(14)15)5-1-4-16-6(5)12/h1H,2-4H2. The van der Waals surface area contributed by atoms with Crippen molar-refractivity contribution in [2.24, 2.45) is 0 Å². The summed E-state index contributed by atoms with van der Waals surface area (Å²) in [5, 5.41) is -1.23. The van der Waals surface area contributed by atoms with Gasteiger partial charge in [0.2, 0.25) is 5.11 Å². The maximum Gasteiger partial charge on any atom is 0.355 e. The number of carbonyl (C=O) groups is 2. The molecular formula is C8H7ClN2O5S. The highest BCUT2D eigenvalue weighted by atomic mass is 35.5. The van der Waals surface area contributed by atoms with Crippen molar-refractivity contribution in [1.82, 2.24) is 9.80 Å². The maximum atomic E-state index is 11.3. The third-order valence-electron chi connectivity index (χ3n) is 2.36. The highest BCUT2D eigenvalue weighted by Gasteiger charge is 2.37. The summed E-state index contributed by atoms with van der Waals surface area (Å²) in [5.41, 5.74) is 0.115. The molecule has 9 heteroatoms. The van der Waals surface area contributed by atoms with Crippen molar-refractivity contribution < 1.29 is 22.7 Å². The molecule has 2 rings (SSSR count). The van der Waals surface area contributed by atoms with Crippen LogP contribution in [0.3, 0.4) is 0 Å². The Morgan fingerprint density at radius 1 is 1.41 bits per heavy atom. The highest BCUT2D eigenvalue weighted by Crippen LogP contribution is 2.20. The van der Waals surface area contributed by atoms with Crippen molar-refractivity contribution >= 4 is 38.3 Å². The lowest BCUT2D eigenvalue weighted by atomic mass is 10.4. The van der Waals surface area contributed by atoms with Crippen molar-refractivity contribution in [3.8, 4) is 0 Å². The predicted molar refractivity (Wildman–Crippen MR) is 57.6 cm³/mol. The number of hydrogen-bond donors (Lipinski definition) is 0. The quantitative estimate of drug-likeness (QED) is 0.275. The fraction of sp³-hybridized carbons (Fsp3) is 0.375. The van der Waals surface area contributed by atoms with E-state index in [0.29, 0.717) is 0 Å². The molecule has 1 fully saturated rings. The van der Waals surface area contributed by atoms with Gasteiger partial charge < -0.3 is 9.64 Å². The number of rotatable bonds is 1. The van der Waals surface area contributed by atoms with E-state index < -0.39 is 21.6 Å². The first-order valence-corrected chi connectivity index (χ1v) is 6.05. The number of amides is 1. The fourth-order valence-corrected chi connectivity index (χ4v) is 2.62. The van der Waals surface area contributed by atoms with Crippen LogP contribution in [0.5, 0.6) is 0 Å². The van der Waals surface area contributed by atoms with E-state index in [9.17, 15) is 18.0 Å². The second-order valence-corrected chi connectivity index (χ2v) is 4.42. The largest absolute Gasteiger partial charge is 0.457 e. The van der Waals surface area contributed by atoms with Gasteiger partial charge in [-0.05, 0) is 17.7 Å².